The molecule has 1 aromatic heterocycles. The van der Waals surface area contributed by atoms with Crippen molar-refractivity contribution in [3.8, 4) is 0 Å². The van der Waals surface area contributed by atoms with Crippen LogP contribution in [0.25, 0.3) is 0 Å². The minimum atomic E-state index is -0.512. The SMILES string of the molecule is CC1CCC(CNCc2ccc([N+](=O)[O-])o2)C1. The number of nitrogens with zero attached hydrogens (tertiary/aromatic N) is 1. The van der Waals surface area contributed by atoms with Crippen LogP contribution >= 0.6 is 0 Å². The Bertz CT molecular complexity index is 389. The van der Waals surface area contributed by atoms with Crippen LogP contribution in [-0.2, 0) is 6.54 Å². The maximum absolute atomic E-state index is 10.4. The predicted molar refractivity (Wildman–Crippen MR) is 63.6 cm³/mol. The zero-order valence-corrected chi connectivity index (χ0v) is 10.0. The van der Waals surface area contributed by atoms with Gasteiger partial charge < -0.3 is 9.73 Å². The van der Waals surface area contributed by atoms with E-state index in [1.54, 1.807) is 6.07 Å². The molecule has 0 aliphatic heterocycles. The van der Waals surface area contributed by atoms with Crippen molar-refractivity contribution in [2.45, 2.75) is 32.7 Å². The van der Waals surface area contributed by atoms with Gasteiger partial charge in [-0.3, -0.25) is 10.1 Å². The quantitative estimate of drug-likeness (QED) is 0.632. The minimum Gasteiger partial charge on any atom is -0.404 e. The monoisotopic (exact) mass is 238 g/mol. The Balaban J connectivity index is 1.72. The molecule has 17 heavy (non-hydrogen) atoms. The number of furan rings is 1. The van der Waals surface area contributed by atoms with Gasteiger partial charge in [-0.15, -0.1) is 0 Å². The number of hydrogen-bond donors (Lipinski definition) is 1. The summed E-state index contributed by atoms with van der Waals surface area (Å²) in [5, 5.41) is 13.7. The first-order valence-corrected chi connectivity index (χ1v) is 6.09. The maximum atomic E-state index is 10.4. The highest BCUT2D eigenvalue weighted by Gasteiger charge is 2.20. The molecule has 1 fully saturated rings. The fraction of sp³-hybridized carbons (Fsp3) is 0.667. The Morgan fingerprint density at radius 1 is 1.53 bits per heavy atom. The van der Waals surface area contributed by atoms with E-state index in [-0.39, 0.29) is 5.88 Å². The summed E-state index contributed by atoms with van der Waals surface area (Å²) in [7, 11) is 0. The van der Waals surface area contributed by atoms with Crippen LogP contribution < -0.4 is 5.32 Å². The summed E-state index contributed by atoms with van der Waals surface area (Å²) in [6.07, 6.45) is 3.89. The summed E-state index contributed by atoms with van der Waals surface area (Å²) in [6, 6.07) is 3.05. The van der Waals surface area contributed by atoms with Crippen molar-refractivity contribution in [3.63, 3.8) is 0 Å². The molecule has 1 aromatic rings. The van der Waals surface area contributed by atoms with Crippen molar-refractivity contribution >= 4 is 5.88 Å². The van der Waals surface area contributed by atoms with Crippen molar-refractivity contribution in [1.29, 1.82) is 0 Å². The van der Waals surface area contributed by atoms with Crippen molar-refractivity contribution < 1.29 is 9.34 Å². The molecular formula is C12H18N2O3. The molecule has 1 heterocycles. The molecule has 0 amide bonds. The number of hydrogen-bond acceptors (Lipinski definition) is 4. The zero-order chi connectivity index (χ0) is 12.3. The summed E-state index contributed by atoms with van der Waals surface area (Å²) in [6.45, 7) is 3.83. The van der Waals surface area contributed by atoms with E-state index in [1.165, 1.54) is 25.3 Å². The normalized spacial score (nSPS) is 24.1. The zero-order valence-electron chi connectivity index (χ0n) is 10.0. The van der Waals surface area contributed by atoms with E-state index in [4.69, 9.17) is 4.42 Å². The van der Waals surface area contributed by atoms with Gasteiger partial charge in [-0.1, -0.05) is 13.3 Å². The maximum Gasteiger partial charge on any atom is 0.433 e. The van der Waals surface area contributed by atoms with Crippen LogP contribution in [0.2, 0.25) is 0 Å². The average molecular weight is 238 g/mol. The van der Waals surface area contributed by atoms with Gasteiger partial charge in [0.05, 0.1) is 12.6 Å². The molecule has 0 spiro atoms. The summed E-state index contributed by atoms with van der Waals surface area (Å²) >= 11 is 0. The molecule has 94 valence electrons. The fourth-order valence-corrected chi connectivity index (χ4v) is 2.47. The van der Waals surface area contributed by atoms with E-state index in [1.807, 2.05) is 0 Å². The van der Waals surface area contributed by atoms with Gasteiger partial charge >= 0.3 is 5.88 Å². The third-order valence-electron chi connectivity index (χ3n) is 3.36. The largest absolute Gasteiger partial charge is 0.433 e. The lowest BCUT2D eigenvalue weighted by Crippen LogP contribution is -2.20. The molecule has 1 aliphatic rings. The predicted octanol–water partition coefficient (Wildman–Crippen LogP) is 2.71. The van der Waals surface area contributed by atoms with Crippen LogP contribution in [0.1, 0.15) is 31.9 Å². The molecule has 0 radical (unpaired) electrons. The third-order valence-corrected chi connectivity index (χ3v) is 3.36. The summed E-state index contributed by atoms with van der Waals surface area (Å²) < 4.78 is 5.07. The first kappa shape index (κ1) is 12.1. The van der Waals surface area contributed by atoms with Crippen LogP contribution in [0, 0.1) is 22.0 Å². The number of nitrogens with one attached hydrogen (secondary N) is 1. The second kappa shape index (κ2) is 5.31. The molecule has 5 heteroatoms. The van der Waals surface area contributed by atoms with E-state index in [0.717, 1.165) is 18.4 Å². The van der Waals surface area contributed by atoms with Crippen LogP contribution in [0.15, 0.2) is 16.5 Å². The van der Waals surface area contributed by atoms with Gasteiger partial charge in [-0.2, -0.15) is 0 Å². The molecule has 2 unspecified atom stereocenters. The highest BCUT2D eigenvalue weighted by atomic mass is 16.6. The van der Waals surface area contributed by atoms with E-state index in [0.29, 0.717) is 12.3 Å². The van der Waals surface area contributed by atoms with Gasteiger partial charge in [-0.25, -0.2) is 0 Å². The molecule has 0 saturated heterocycles. The first-order valence-electron chi connectivity index (χ1n) is 6.09. The highest BCUT2D eigenvalue weighted by Crippen LogP contribution is 2.29. The molecule has 0 bridgehead atoms. The topological polar surface area (TPSA) is 68.3 Å². The molecule has 2 atom stereocenters. The smallest absolute Gasteiger partial charge is 0.404 e. The summed E-state index contributed by atoms with van der Waals surface area (Å²) in [5.41, 5.74) is 0. The Labute approximate surface area is 100 Å². The summed E-state index contributed by atoms with van der Waals surface area (Å²) in [4.78, 5) is 9.91. The molecule has 0 aromatic carbocycles. The molecule has 1 aliphatic carbocycles. The summed E-state index contributed by atoms with van der Waals surface area (Å²) in [5.74, 6) is 2.03. The van der Waals surface area contributed by atoms with E-state index >= 15 is 0 Å². The van der Waals surface area contributed by atoms with Crippen molar-refractivity contribution in [3.05, 3.63) is 28.0 Å². The second-order valence-corrected chi connectivity index (χ2v) is 4.91. The molecule has 5 nitrogen and oxygen atoms in total. The van der Waals surface area contributed by atoms with Crippen molar-refractivity contribution in [2.24, 2.45) is 11.8 Å². The lowest BCUT2D eigenvalue weighted by atomic mass is 10.1. The number of rotatable bonds is 5. The Morgan fingerprint density at radius 2 is 2.35 bits per heavy atom. The van der Waals surface area contributed by atoms with Crippen LogP contribution in [0.4, 0.5) is 5.88 Å². The van der Waals surface area contributed by atoms with Gasteiger partial charge in [0.1, 0.15) is 10.7 Å². The molecule has 1 saturated carbocycles. The highest BCUT2D eigenvalue weighted by molar-refractivity contribution is 5.17. The third kappa shape index (κ3) is 3.30. The molecular weight excluding hydrogens is 220 g/mol. The van der Waals surface area contributed by atoms with Crippen LogP contribution in [-0.4, -0.2) is 11.5 Å². The van der Waals surface area contributed by atoms with Crippen LogP contribution in [0.5, 0.6) is 0 Å². The van der Waals surface area contributed by atoms with Gasteiger partial charge in [0.2, 0.25) is 0 Å². The Hall–Kier alpha value is -1.36. The van der Waals surface area contributed by atoms with Gasteiger partial charge in [0.15, 0.2) is 0 Å². The molecule has 2 rings (SSSR count). The molecule has 1 N–H and O–H groups in total. The van der Waals surface area contributed by atoms with Crippen LogP contribution in [0.3, 0.4) is 0 Å². The fourth-order valence-electron chi connectivity index (χ4n) is 2.47. The number of nitro groups is 1. The second-order valence-electron chi connectivity index (χ2n) is 4.91. The van der Waals surface area contributed by atoms with Crippen molar-refractivity contribution in [2.75, 3.05) is 6.54 Å². The Kier molecular flexibility index (Phi) is 3.78. The van der Waals surface area contributed by atoms with Gasteiger partial charge in [0, 0.05) is 0 Å². The lowest BCUT2D eigenvalue weighted by molar-refractivity contribution is -0.402. The lowest BCUT2D eigenvalue weighted by Gasteiger charge is -2.09. The van der Waals surface area contributed by atoms with E-state index in [9.17, 15) is 10.1 Å². The van der Waals surface area contributed by atoms with E-state index in [2.05, 4.69) is 12.2 Å². The van der Waals surface area contributed by atoms with E-state index < -0.39 is 4.92 Å². The van der Waals surface area contributed by atoms with Gasteiger partial charge in [0.25, 0.3) is 0 Å². The average Bonchev–Trinajstić information content (AvgIpc) is 2.88. The Morgan fingerprint density at radius 3 is 2.94 bits per heavy atom. The standard InChI is InChI=1S/C12H18N2O3/c1-9-2-3-10(6-9)7-13-8-11-4-5-12(17-11)14(15)16/h4-5,9-10,13H,2-3,6-8H2,1H3. The van der Waals surface area contributed by atoms with Gasteiger partial charge in [-0.05, 0) is 37.3 Å². The first-order chi connectivity index (χ1) is 8.15. The minimum absolute atomic E-state index is 0.184. The van der Waals surface area contributed by atoms with Crippen molar-refractivity contribution in [1.82, 2.24) is 5.32 Å².